The minimum atomic E-state index is -0.882. The lowest BCUT2D eigenvalue weighted by molar-refractivity contribution is -0.125. The van der Waals surface area contributed by atoms with Crippen LogP contribution in [0.5, 0.6) is 5.75 Å². The summed E-state index contributed by atoms with van der Waals surface area (Å²) in [6, 6.07) is 26.6. The van der Waals surface area contributed by atoms with E-state index in [0.717, 1.165) is 10.5 Å². The molecule has 4 rings (SSSR count). The van der Waals surface area contributed by atoms with Crippen LogP contribution in [-0.2, 0) is 9.59 Å². The van der Waals surface area contributed by atoms with Crippen LogP contribution in [-0.4, -0.2) is 24.5 Å². The highest BCUT2D eigenvalue weighted by Crippen LogP contribution is 2.40. The van der Waals surface area contributed by atoms with Crippen LogP contribution < -0.4 is 15.4 Å². The highest BCUT2D eigenvalue weighted by atomic mass is 32.2. The van der Waals surface area contributed by atoms with Gasteiger partial charge in [-0.3, -0.25) is 9.59 Å². The second-order valence-corrected chi connectivity index (χ2v) is 7.83. The Labute approximate surface area is 173 Å². The van der Waals surface area contributed by atoms with Gasteiger partial charge in [0.25, 0.3) is 5.91 Å². The zero-order chi connectivity index (χ0) is 20.2. The van der Waals surface area contributed by atoms with E-state index in [-0.39, 0.29) is 12.5 Å². The third-order valence-electron chi connectivity index (χ3n) is 4.68. The number of hydrogen-bond acceptors (Lipinski definition) is 4. The fourth-order valence-electron chi connectivity index (χ4n) is 3.26. The molecule has 0 spiro atoms. The molecule has 0 bridgehead atoms. The van der Waals surface area contributed by atoms with Crippen LogP contribution in [0.4, 0.5) is 5.69 Å². The molecule has 1 heterocycles. The van der Waals surface area contributed by atoms with Gasteiger partial charge in [0.15, 0.2) is 6.10 Å². The number of hydrogen-bond donors (Lipinski definition) is 1. The highest BCUT2D eigenvalue weighted by Gasteiger charge is 2.36. The van der Waals surface area contributed by atoms with E-state index in [0.29, 0.717) is 11.4 Å². The minimum absolute atomic E-state index is 0.0872. The van der Waals surface area contributed by atoms with Crippen molar-refractivity contribution in [3.05, 3.63) is 90.5 Å². The van der Waals surface area contributed by atoms with Gasteiger partial charge in [-0.05, 0) is 29.8 Å². The van der Waals surface area contributed by atoms with Crippen molar-refractivity contribution in [1.29, 1.82) is 0 Å². The number of fused-ring (bicyclic) bond motifs is 1. The summed E-state index contributed by atoms with van der Waals surface area (Å²) in [4.78, 5) is 28.2. The average molecular weight is 404 g/mol. The van der Waals surface area contributed by atoms with Crippen molar-refractivity contribution in [2.45, 2.75) is 16.2 Å². The molecular formula is C23H20N2O3S. The molecule has 5 nitrogen and oxygen atoms in total. The van der Waals surface area contributed by atoms with Gasteiger partial charge >= 0.3 is 0 Å². The topological polar surface area (TPSA) is 72.6 Å². The number of carbonyl (C=O) groups is 2. The van der Waals surface area contributed by atoms with E-state index in [4.69, 9.17) is 10.5 Å². The molecule has 146 valence electrons. The summed E-state index contributed by atoms with van der Waals surface area (Å²) in [5, 5.41) is -0.474. The number of rotatable bonds is 5. The lowest BCUT2D eigenvalue weighted by Crippen LogP contribution is -2.50. The van der Waals surface area contributed by atoms with E-state index in [1.165, 1.54) is 11.8 Å². The van der Waals surface area contributed by atoms with Crippen LogP contribution in [0.25, 0.3) is 0 Å². The third kappa shape index (κ3) is 4.12. The monoisotopic (exact) mass is 404 g/mol. The van der Waals surface area contributed by atoms with Gasteiger partial charge < -0.3 is 15.4 Å². The van der Waals surface area contributed by atoms with Crippen LogP contribution in [0.2, 0.25) is 0 Å². The summed E-state index contributed by atoms with van der Waals surface area (Å²) in [6.07, 6.45) is -0.882. The number of nitrogens with zero attached hydrogens (tertiary/aromatic N) is 1. The number of ether oxygens (including phenoxy) is 1. The lowest BCUT2D eigenvalue weighted by atomic mass is 10.1. The average Bonchev–Trinajstić information content (AvgIpc) is 2.77. The number of benzene rings is 3. The van der Waals surface area contributed by atoms with Crippen molar-refractivity contribution >= 4 is 29.3 Å². The molecule has 0 saturated heterocycles. The number of para-hydroxylation sites is 2. The van der Waals surface area contributed by atoms with E-state index in [9.17, 15) is 9.59 Å². The van der Waals surface area contributed by atoms with Crippen LogP contribution in [0.3, 0.4) is 0 Å². The molecule has 6 heteroatoms. The summed E-state index contributed by atoms with van der Waals surface area (Å²) in [6.45, 7) is 0.0872. The molecule has 0 aliphatic carbocycles. The highest BCUT2D eigenvalue weighted by molar-refractivity contribution is 8.00. The first-order chi connectivity index (χ1) is 14.1. The summed E-state index contributed by atoms with van der Waals surface area (Å²) in [5.74, 6) is -0.233. The summed E-state index contributed by atoms with van der Waals surface area (Å²) in [5.41, 5.74) is 7.03. The summed E-state index contributed by atoms with van der Waals surface area (Å²) >= 11 is 1.48. The predicted octanol–water partition coefficient (Wildman–Crippen LogP) is 3.80. The van der Waals surface area contributed by atoms with Gasteiger partial charge in [-0.1, -0.05) is 60.7 Å². The number of primary amides is 1. The summed E-state index contributed by atoms with van der Waals surface area (Å²) < 4.78 is 5.70. The van der Waals surface area contributed by atoms with Gasteiger partial charge in [-0.15, -0.1) is 11.8 Å². The van der Waals surface area contributed by atoms with Crippen LogP contribution >= 0.6 is 11.8 Å². The Morgan fingerprint density at radius 3 is 2.24 bits per heavy atom. The SMILES string of the molecule is NC(=O)[C@H]1CN(C(=O)[C@H](Sc2ccccc2)c2ccccc2)c2ccccc2O1. The smallest absolute Gasteiger partial charge is 0.260 e. The normalized spacial score (nSPS) is 16.4. The second-order valence-electron chi connectivity index (χ2n) is 6.65. The van der Waals surface area contributed by atoms with E-state index in [1.54, 1.807) is 17.0 Å². The number of nitrogens with two attached hydrogens (primary N) is 1. The van der Waals surface area contributed by atoms with Crippen LogP contribution in [0, 0.1) is 0 Å². The van der Waals surface area contributed by atoms with Crippen molar-refractivity contribution in [1.82, 2.24) is 0 Å². The largest absolute Gasteiger partial charge is 0.477 e. The maximum atomic E-state index is 13.7. The van der Waals surface area contributed by atoms with Gasteiger partial charge in [-0.25, -0.2) is 0 Å². The minimum Gasteiger partial charge on any atom is -0.477 e. The zero-order valence-electron chi connectivity index (χ0n) is 15.6. The molecule has 0 saturated carbocycles. The van der Waals surface area contributed by atoms with Crippen LogP contribution in [0.15, 0.2) is 89.8 Å². The van der Waals surface area contributed by atoms with Crippen molar-refractivity contribution in [2.75, 3.05) is 11.4 Å². The van der Waals surface area contributed by atoms with Gasteiger partial charge in [0.1, 0.15) is 11.0 Å². The molecule has 2 atom stereocenters. The first-order valence-electron chi connectivity index (χ1n) is 9.26. The van der Waals surface area contributed by atoms with Crippen molar-refractivity contribution < 1.29 is 14.3 Å². The third-order valence-corrected chi connectivity index (χ3v) is 5.93. The maximum Gasteiger partial charge on any atom is 0.260 e. The van der Waals surface area contributed by atoms with E-state index in [2.05, 4.69) is 0 Å². The van der Waals surface area contributed by atoms with Gasteiger partial charge in [0.05, 0.1) is 12.2 Å². The second kappa shape index (κ2) is 8.41. The Morgan fingerprint density at radius 1 is 0.931 bits per heavy atom. The molecule has 1 aliphatic rings. The first kappa shape index (κ1) is 19.1. The molecule has 0 unspecified atom stereocenters. The van der Waals surface area contributed by atoms with Crippen molar-refractivity contribution in [2.24, 2.45) is 5.73 Å². The van der Waals surface area contributed by atoms with Crippen molar-refractivity contribution in [3.63, 3.8) is 0 Å². The first-order valence-corrected chi connectivity index (χ1v) is 10.1. The molecule has 0 radical (unpaired) electrons. The molecule has 3 aromatic carbocycles. The Morgan fingerprint density at radius 2 is 1.55 bits per heavy atom. The van der Waals surface area contributed by atoms with Gasteiger partial charge in [0.2, 0.25) is 5.91 Å². The van der Waals surface area contributed by atoms with E-state index in [1.807, 2.05) is 72.8 Å². The fourth-order valence-corrected chi connectivity index (χ4v) is 4.36. The van der Waals surface area contributed by atoms with Gasteiger partial charge in [0, 0.05) is 4.90 Å². The standard InChI is InChI=1S/C23H20N2O3S/c24-22(26)20-15-25(18-13-7-8-14-19(18)28-20)23(27)21(16-9-3-1-4-10-16)29-17-11-5-2-6-12-17/h1-14,20-21H,15H2,(H2,24,26)/t20-,21-/m1/s1. The number of carbonyl (C=O) groups excluding carboxylic acids is 2. The lowest BCUT2D eigenvalue weighted by Gasteiger charge is -2.35. The molecule has 2 amide bonds. The van der Waals surface area contributed by atoms with E-state index < -0.39 is 17.3 Å². The molecule has 0 fully saturated rings. The van der Waals surface area contributed by atoms with Gasteiger partial charge in [-0.2, -0.15) is 0 Å². The molecule has 3 aromatic rings. The number of amides is 2. The Hall–Kier alpha value is -3.25. The van der Waals surface area contributed by atoms with Crippen molar-refractivity contribution in [3.8, 4) is 5.75 Å². The zero-order valence-corrected chi connectivity index (χ0v) is 16.4. The molecular weight excluding hydrogens is 384 g/mol. The quantitative estimate of drug-likeness (QED) is 0.657. The van der Waals surface area contributed by atoms with Crippen LogP contribution in [0.1, 0.15) is 10.8 Å². The Kier molecular flexibility index (Phi) is 5.53. The van der Waals surface area contributed by atoms with E-state index >= 15 is 0 Å². The number of thioether (sulfide) groups is 1. The number of anilines is 1. The molecule has 0 aromatic heterocycles. The Balaban J connectivity index is 1.72. The Bertz CT molecular complexity index is 1010. The molecule has 2 N–H and O–H groups in total. The maximum absolute atomic E-state index is 13.7. The summed E-state index contributed by atoms with van der Waals surface area (Å²) in [7, 11) is 0. The predicted molar refractivity (Wildman–Crippen MR) is 114 cm³/mol. The molecule has 29 heavy (non-hydrogen) atoms. The molecule has 1 aliphatic heterocycles. The fraction of sp³-hybridized carbons (Fsp3) is 0.130.